The van der Waals surface area contributed by atoms with Gasteiger partial charge in [-0.2, -0.15) is 0 Å². The van der Waals surface area contributed by atoms with Gasteiger partial charge in [0.15, 0.2) is 0 Å². The van der Waals surface area contributed by atoms with Crippen LogP contribution in [-0.2, 0) is 16.6 Å². The van der Waals surface area contributed by atoms with Crippen molar-refractivity contribution in [1.82, 2.24) is 9.71 Å². The summed E-state index contributed by atoms with van der Waals surface area (Å²) in [5, 5.41) is 0.804. The molecule has 100 valence electrons. The number of hydrogen-bond donors (Lipinski definition) is 1. The van der Waals surface area contributed by atoms with Crippen LogP contribution in [0.3, 0.4) is 0 Å². The molecule has 0 unspecified atom stereocenters. The van der Waals surface area contributed by atoms with E-state index in [4.69, 9.17) is 23.2 Å². The van der Waals surface area contributed by atoms with Crippen LogP contribution in [0.2, 0.25) is 10.2 Å². The van der Waals surface area contributed by atoms with E-state index in [1.54, 1.807) is 24.3 Å². The standard InChI is InChI=1S/C12H10Cl2N2O2S/c13-10-3-1-2-9(6-10)7-16-19(17,18)11-4-5-12(14)15-8-11/h1-6,8,16H,7H2. The van der Waals surface area contributed by atoms with Gasteiger partial charge in [-0.05, 0) is 29.8 Å². The normalized spacial score (nSPS) is 11.5. The third-order valence-electron chi connectivity index (χ3n) is 2.37. The minimum absolute atomic E-state index is 0.0685. The zero-order valence-electron chi connectivity index (χ0n) is 9.68. The van der Waals surface area contributed by atoms with Gasteiger partial charge in [-0.15, -0.1) is 0 Å². The van der Waals surface area contributed by atoms with Gasteiger partial charge in [0.25, 0.3) is 0 Å². The van der Waals surface area contributed by atoms with Crippen LogP contribution in [-0.4, -0.2) is 13.4 Å². The summed E-state index contributed by atoms with van der Waals surface area (Å²) in [7, 11) is -3.60. The molecule has 4 nitrogen and oxygen atoms in total. The van der Waals surface area contributed by atoms with Crippen molar-refractivity contribution >= 4 is 33.2 Å². The Bertz CT molecular complexity index is 672. The highest BCUT2D eigenvalue weighted by Gasteiger charge is 2.13. The molecule has 0 aliphatic carbocycles. The quantitative estimate of drug-likeness (QED) is 0.882. The van der Waals surface area contributed by atoms with E-state index in [9.17, 15) is 8.42 Å². The van der Waals surface area contributed by atoms with E-state index in [-0.39, 0.29) is 16.6 Å². The lowest BCUT2D eigenvalue weighted by Crippen LogP contribution is -2.23. The van der Waals surface area contributed by atoms with E-state index in [1.807, 2.05) is 0 Å². The second kappa shape index (κ2) is 5.88. The number of sulfonamides is 1. The summed E-state index contributed by atoms with van der Waals surface area (Å²) in [6.45, 7) is 0.158. The third-order valence-corrected chi connectivity index (χ3v) is 4.21. The number of benzene rings is 1. The number of rotatable bonds is 4. The zero-order chi connectivity index (χ0) is 13.9. The number of hydrogen-bond acceptors (Lipinski definition) is 3. The highest BCUT2D eigenvalue weighted by Crippen LogP contribution is 2.13. The molecule has 1 aromatic carbocycles. The molecule has 0 spiro atoms. The van der Waals surface area contributed by atoms with E-state index in [2.05, 4.69) is 9.71 Å². The SMILES string of the molecule is O=S(=O)(NCc1cccc(Cl)c1)c1ccc(Cl)nc1. The van der Waals surface area contributed by atoms with E-state index in [0.29, 0.717) is 5.02 Å². The van der Waals surface area contributed by atoms with Gasteiger partial charge in [0.2, 0.25) is 10.0 Å². The molecule has 0 fully saturated rings. The Balaban J connectivity index is 2.12. The Morgan fingerprint density at radius 3 is 2.58 bits per heavy atom. The molecule has 0 bridgehead atoms. The lowest BCUT2D eigenvalue weighted by molar-refractivity contribution is 0.581. The maximum Gasteiger partial charge on any atom is 0.242 e. The zero-order valence-corrected chi connectivity index (χ0v) is 12.0. The molecule has 0 radical (unpaired) electrons. The first-order valence-corrected chi connectivity index (χ1v) is 7.57. The average Bonchev–Trinajstić information content (AvgIpc) is 2.37. The number of halogens is 2. The summed E-state index contributed by atoms with van der Waals surface area (Å²) in [6.07, 6.45) is 1.21. The van der Waals surface area contributed by atoms with Crippen molar-refractivity contribution in [2.75, 3.05) is 0 Å². The lowest BCUT2D eigenvalue weighted by Gasteiger charge is -2.06. The van der Waals surface area contributed by atoms with Crippen LogP contribution in [0.4, 0.5) is 0 Å². The van der Waals surface area contributed by atoms with E-state index in [1.165, 1.54) is 18.3 Å². The van der Waals surface area contributed by atoms with Gasteiger partial charge in [0, 0.05) is 17.8 Å². The maximum atomic E-state index is 12.0. The van der Waals surface area contributed by atoms with Gasteiger partial charge in [0.1, 0.15) is 10.0 Å². The Hall–Kier alpha value is -1.14. The molecule has 1 N–H and O–H groups in total. The fourth-order valence-corrected chi connectivity index (χ4v) is 2.72. The fourth-order valence-electron chi connectivity index (χ4n) is 1.43. The monoisotopic (exact) mass is 316 g/mol. The molecule has 0 aliphatic heterocycles. The van der Waals surface area contributed by atoms with Crippen LogP contribution in [0.25, 0.3) is 0 Å². The predicted molar refractivity (Wildman–Crippen MR) is 74.7 cm³/mol. The Kier molecular flexibility index (Phi) is 4.42. The molecular weight excluding hydrogens is 307 g/mol. The van der Waals surface area contributed by atoms with Crippen molar-refractivity contribution in [1.29, 1.82) is 0 Å². The smallest absolute Gasteiger partial charge is 0.242 e. The van der Waals surface area contributed by atoms with Gasteiger partial charge in [-0.3, -0.25) is 0 Å². The van der Waals surface area contributed by atoms with E-state index < -0.39 is 10.0 Å². The van der Waals surface area contributed by atoms with Gasteiger partial charge in [0.05, 0.1) is 0 Å². The molecule has 19 heavy (non-hydrogen) atoms. The van der Waals surface area contributed by atoms with Crippen LogP contribution in [0.1, 0.15) is 5.56 Å². The van der Waals surface area contributed by atoms with Crippen molar-refractivity contribution in [3.63, 3.8) is 0 Å². The predicted octanol–water partition coefficient (Wildman–Crippen LogP) is 2.87. The molecule has 0 saturated heterocycles. The van der Waals surface area contributed by atoms with Gasteiger partial charge in [-0.25, -0.2) is 18.1 Å². The van der Waals surface area contributed by atoms with Crippen molar-refractivity contribution in [3.05, 3.63) is 58.3 Å². The summed E-state index contributed by atoms with van der Waals surface area (Å²) in [4.78, 5) is 3.81. The molecule has 2 aromatic rings. The summed E-state index contributed by atoms with van der Waals surface area (Å²) >= 11 is 11.4. The molecule has 0 aliphatic rings. The highest BCUT2D eigenvalue weighted by atomic mass is 35.5. The fraction of sp³-hybridized carbons (Fsp3) is 0.0833. The van der Waals surface area contributed by atoms with Crippen LogP contribution >= 0.6 is 23.2 Å². The van der Waals surface area contributed by atoms with Crippen LogP contribution in [0.15, 0.2) is 47.5 Å². The first kappa shape index (κ1) is 14.3. The minimum atomic E-state index is -3.60. The van der Waals surface area contributed by atoms with Crippen molar-refractivity contribution in [2.24, 2.45) is 0 Å². The summed E-state index contributed by atoms with van der Waals surface area (Å²) in [5.74, 6) is 0. The van der Waals surface area contributed by atoms with E-state index >= 15 is 0 Å². The topological polar surface area (TPSA) is 59.1 Å². The molecule has 0 saturated carbocycles. The average molecular weight is 317 g/mol. The maximum absolute atomic E-state index is 12.0. The van der Waals surface area contributed by atoms with Crippen LogP contribution < -0.4 is 4.72 Å². The summed E-state index contributed by atoms with van der Waals surface area (Å²) in [5.41, 5.74) is 0.776. The molecular formula is C12H10Cl2N2O2S. The highest BCUT2D eigenvalue weighted by molar-refractivity contribution is 7.89. The second-order valence-corrected chi connectivity index (χ2v) is 6.36. The Labute approximate surface area is 121 Å². The van der Waals surface area contributed by atoms with Crippen molar-refractivity contribution in [3.8, 4) is 0 Å². The third kappa shape index (κ3) is 3.91. The summed E-state index contributed by atoms with van der Waals surface area (Å²) < 4.78 is 26.4. The minimum Gasteiger partial charge on any atom is -0.243 e. The Morgan fingerprint density at radius 1 is 1.16 bits per heavy atom. The van der Waals surface area contributed by atoms with Gasteiger partial charge < -0.3 is 0 Å². The lowest BCUT2D eigenvalue weighted by atomic mass is 10.2. The Morgan fingerprint density at radius 2 is 1.95 bits per heavy atom. The van der Waals surface area contributed by atoms with Gasteiger partial charge >= 0.3 is 0 Å². The van der Waals surface area contributed by atoms with Crippen molar-refractivity contribution < 1.29 is 8.42 Å². The van der Waals surface area contributed by atoms with E-state index in [0.717, 1.165) is 5.56 Å². The second-order valence-electron chi connectivity index (χ2n) is 3.77. The first-order chi connectivity index (χ1) is 8.97. The number of pyridine rings is 1. The number of nitrogens with zero attached hydrogens (tertiary/aromatic N) is 1. The molecule has 0 atom stereocenters. The molecule has 1 heterocycles. The summed E-state index contributed by atoms with van der Waals surface area (Å²) in [6, 6.07) is 9.79. The number of aromatic nitrogens is 1. The molecule has 0 amide bonds. The first-order valence-electron chi connectivity index (χ1n) is 5.33. The van der Waals surface area contributed by atoms with Crippen molar-refractivity contribution in [2.45, 2.75) is 11.4 Å². The molecule has 2 rings (SSSR count). The molecule has 1 aromatic heterocycles. The van der Waals surface area contributed by atoms with Gasteiger partial charge in [-0.1, -0.05) is 35.3 Å². The van der Waals surface area contributed by atoms with Crippen LogP contribution in [0.5, 0.6) is 0 Å². The van der Waals surface area contributed by atoms with Crippen LogP contribution in [0, 0.1) is 0 Å². The molecule has 7 heteroatoms. The number of nitrogens with one attached hydrogen (secondary N) is 1. The largest absolute Gasteiger partial charge is 0.243 e.